The number of halogens is 2. The molecule has 102 valence electrons. The molecular formula is C14H10BrFN2O2. The molecule has 1 N–H and O–H groups in total. The Labute approximate surface area is 122 Å². The lowest BCUT2D eigenvalue weighted by Gasteiger charge is -2.05. The van der Waals surface area contributed by atoms with Crippen LogP contribution in [0.3, 0.4) is 0 Å². The zero-order valence-electron chi connectivity index (χ0n) is 10.3. The summed E-state index contributed by atoms with van der Waals surface area (Å²) in [4.78, 5) is 4.30. The smallest absolute Gasteiger partial charge is 0.243 e. The predicted octanol–water partition coefficient (Wildman–Crippen LogP) is 3.52. The van der Waals surface area contributed by atoms with E-state index >= 15 is 0 Å². The number of hydrogen-bond acceptors (Lipinski definition) is 3. The highest BCUT2D eigenvalue weighted by Gasteiger charge is 2.13. The van der Waals surface area contributed by atoms with Gasteiger partial charge in [-0.25, -0.2) is 4.39 Å². The number of nitrogens with zero attached hydrogens (tertiary/aromatic N) is 2. The maximum Gasteiger partial charge on any atom is 0.243 e. The van der Waals surface area contributed by atoms with Crippen LogP contribution in [0, 0.1) is 5.82 Å². The second kappa shape index (κ2) is 5.22. The average Bonchev–Trinajstić information content (AvgIpc) is 2.80. The fourth-order valence-corrected chi connectivity index (χ4v) is 2.26. The average molecular weight is 337 g/mol. The number of pyridine rings is 1. The van der Waals surface area contributed by atoms with Crippen LogP contribution in [0.25, 0.3) is 5.65 Å². The molecule has 0 aliphatic heterocycles. The van der Waals surface area contributed by atoms with Crippen molar-refractivity contribution in [3.63, 3.8) is 0 Å². The molecule has 0 spiro atoms. The van der Waals surface area contributed by atoms with Crippen LogP contribution >= 0.6 is 15.9 Å². The van der Waals surface area contributed by atoms with E-state index in [1.807, 2.05) is 18.2 Å². The van der Waals surface area contributed by atoms with E-state index < -0.39 is 0 Å². The summed E-state index contributed by atoms with van der Waals surface area (Å²) >= 11 is 3.10. The summed E-state index contributed by atoms with van der Waals surface area (Å²) < 4.78 is 20.9. The van der Waals surface area contributed by atoms with E-state index in [0.29, 0.717) is 27.4 Å². The number of fused-ring (bicyclic) bond motifs is 1. The minimum atomic E-state index is -0.366. The fourth-order valence-electron chi connectivity index (χ4n) is 1.90. The van der Waals surface area contributed by atoms with Gasteiger partial charge < -0.3 is 9.84 Å². The highest BCUT2D eigenvalue weighted by molar-refractivity contribution is 9.10. The van der Waals surface area contributed by atoms with Crippen LogP contribution in [0.1, 0.15) is 5.69 Å². The minimum Gasteiger partial charge on any atom is -0.437 e. The second-order valence-electron chi connectivity index (χ2n) is 4.13. The van der Waals surface area contributed by atoms with Crippen molar-refractivity contribution in [1.82, 2.24) is 9.38 Å². The summed E-state index contributed by atoms with van der Waals surface area (Å²) in [6, 6.07) is 9.82. The third-order valence-electron chi connectivity index (χ3n) is 2.85. The van der Waals surface area contributed by atoms with Gasteiger partial charge in [0.05, 0.1) is 11.1 Å². The predicted molar refractivity (Wildman–Crippen MR) is 75.3 cm³/mol. The van der Waals surface area contributed by atoms with Gasteiger partial charge in [-0.2, -0.15) is 4.98 Å². The van der Waals surface area contributed by atoms with Gasteiger partial charge in [-0.15, -0.1) is 0 Å². The molecule has 0 atom stereocenters. The van der Waals surface area contributed by atoms with Crippen LogP contribution in [0.5, 0.6) is 11.6 Å². The molecule has 0 aliphatic rings. The van der Waals surface area contributed by atoms with Gasteiger partial charge in [-0.1, -0.05) is 6.07 Å². The maximum atomic E-state index is 13.2. The first-order valence-electron chi connectivity index (χ1n) is 5.89. The Morgan fingerprint density at radius 1 is 1.30 bits per heavy atom. The van der Waals surface area contributed by atoms with Gasteiger partial charge in [0.25, 0.3) is 0 Å². The first kappa shape index (κ1) is 13.1. The van der Waals surface area contributed by atoms with Gasteiger partial charge in [0, 0.05) is 6.20 Å². The van der Waals surface area contributed by atoms with Crippen LogP contribution in [0.4, 0.5) is 4.39 Å². The van der Waals surface area contributed by atoms with Crippen molar-refractivity contribution in [2.45, 2.75) is 6.61 Å². The molecule has 20 heavy (non-hydrogen) atoms. The lowest BCUT2D eigenvalue weighted by molar-refractivity contribution is 0.269. The number of rotatable bonds is 3. The van der Waals surface area contributed by atoms with Gasteiger partial charge in [0.2, 0.25) is 5.88 Å². The van der Waals surface area contributed by atoms with E-state index in [4.69, 9.17) is 4.74 Å². The van der Waals surface area contributed by atoms with Gasteiger partial charge >= 0.3 is 0 Å². The number of aromatic nitrogens is 2. The molecule has 4 nitrogen and oxygen atoms in total. The normalized spacial score (nSPS) is 10.9. The van der Waals surface area contributed by atoms with Crippen molar-refractivity contribution in [2.75, 3.05) is 0 Å². The standard InChI is InChI=1S/C14H10BrFN2O2/c15-10-7-9(4-5-11(10)16)20-14-12(8-19)18-6-2-1-3-13(18)17-14/h1-7,19H,8H2. The summed E-state index contributed by atoms with van der Waals surface area (Å²) in [5, 5.41) is 9.47. The quantitative estimate of drug-likeness (QED) is 0.795. The first-order valence-corrected chi connectivity index (χ1v) is 6.68. The molecule has 2 aromatic heterocycles. The summed E-state index contributed by atoms with van der Waals surface area (Å²) in [5.41, 5.74) is 1.22. The van der Waals surface area contributed by atoms with E-state index in [-0.39, 0.29) is 12.4 Å². The van der Waals surface area contributed by atoms with E-state index in [9.17, 15) is 9.50 Å². The molecule has 1 aromatic carbocycles. The molecule has 6 heteroatoms. The lowest BCUT2D eigenvalue weighted by Crippen LogP contribution is -1.94. The molecule has 0 radical (unpaired) electrons. The van der Waals surface area contributed by atoms with Crippen LogP contribution in [0.2, 0.25) is 0 Å². The Hall–Kier alpha value is -1.92. The number of aliphatic hydroxyl groups excluding tert-OH is 1. The Morgan fingerprint density at radius 3 is 2.90 bits per heavy atom. The Bertz CT molecular complexity index is 773. The van der Waals surface area contributed by atoms with Gasteiger partial charge in [-0.3, -0.25) is 4.40 Å². The fraction of sp³-hybridized carbons (Fsp3) is 0.0714. The Morgan fingerprint density at radius 2 is 2.15 bits per heavy atom. The number of benzene rings is 1. The van der Waals surface area contributed by atoms with Crippen LogP contribution < -0.4 is 4.74 Å². The molecule has 3 rings (SSSR count). The zero-order valence-corrected chi connectivity index (χ0v) is 11.8. The molecule has 3 aromatic rings. The highest BCUT2D eigenvalue weighted by Crippen LogP contribution is 2.28. The van der Waals surface area contributed by atoms with Crippen LogP contribution in [-0.2, 0) is 6.61 Å². The van der Waals surface area contributed by atoms with E-state index in [1.54, 1.807) is 10.6 Å². The summed E-state index contributed by atoms with van der Waals surface area (Å²) in [6.07, 6.45) is 1.79. The molecule has 2 heterocycles. The number of hydrogen-bond donors (Lipinski definition) is 1. The van der Waals surface area contributed by atoms with Crippen molar-refractivity contribution in [3.05, 3.63) is 58.6 Å². The molecule has 0 aliphatic carbocycles. The zero-order chi connectivity index (χ0) is 14.1. The Balaban J connectivity index is 2.03. The second-order valence-corrected chi connectivity index (χ2v) is 4.98. The topological polar surface area (TPSA) is 46.8 Å². The van der Waals surface area contributed by atoms with Crippen molar-refractivity contribution in [2.24, 2.45) is 0 Å². The molecular weight excluding hydrogens is 327 g/mol. The monoisotopic (exact) mass is 336 g/mol. The van der Waals surface area contributed by atoms with Crippen molar-refractivity contribution < 1.29 is 14.2 Å². The van der Waals surface area contributed by atoms with Gasteiger partial charge in [0.15, 0.2) is 0 Å². The van der Waals surface area contributed by atoms with Crippen molar-refractivity contribution in [3.8, 4) is 11.6 Å². The molecule has 0 fully saturated rings. The van der Waals surface area contributed by atoms with Gasteiger partial charge in [-0.05, 0) is 46.3 Å². The number of ether oxygens (including phenoxy) is 1. The first-order chi connectivity index (χ1) is 9.69. The number of imidazole rings is 1. The molecule has 0 bridgehead atoms. The van der Waals surface area contributed by atoms with Crippen molar-refractivity contribution >= 4 is 21.6 Å². The van der Waals surface area contributed by atoms with Crippen LogP contribution in [-0.4, -0.2) is 14.5 Å². The summed E-state index contributed by atoms with van der Waals surface area (Å²) in [5.74, 6) is 0.378. The largest absolute Gasteiger partial charge is 0.437 e. The van der Waals surface area contributed by atoms with E-state index in [1.165, 1.54) is 18.2 Å². The number of aliphatic hydroxyl groups is 1. The molecule has 0 saturated carbocycles. The summed E-state index contributed by atoms with van der Waals surface area (Å²) in [7, 11) is 0. The van der Waals surface area contributed by atoms with E-state index in [2.05, 4.69) is 20.9 Å². The molecule has 0 saturated heterocycles. The lowest BCUT2D eigenvalue weighted by atomic mass is 10.3. The molecule has 0 amide bonds. The van der Waals surface area contributed by atoms with E-state index in [0.717, 1.165) is 0 Å². The SMILES string of the molecule is OCc1c(Oc2ccc(F)c(Br)c2)nc2ccccn12. The molecule has 0 unspecified atom stereocenters. The minimum absolute atomic E-state index is 0.205. The highest BCUT2D eigenvalue weighted by atomic mass is 79.9. The maximum absolute atomic E-state index is 13.2. The van der Waals surface area contributed by atoms with Gasteiger partial charge in [0.1, 0.15) is 22.9 Å². The third kappa shape index (κ3) is 2.28. The van der Waals surface area contributed by atoms with Crippen molar-refractivity contribution in [1.29, 1.82) is 0 Å². The van der Waals surface area contributed by atoms with Crippen LogP contribution in [0.15, 0.2) is 47.1 Å². The summed E-state index contributed by atoms with van der Waals surface area (Å²) in [6.45, 7) is -0.205. The third-order valence-corrected chi connectivity index (χ3v) is 3.46. The Kier molecular flexibility index (Phi) is 3.42.